The van der Waals surface area contributed by atoms with Crippen LogP contribution in [-0.2, 0) is 16.1 Å². The highest BCUT2D eigenvalue weighted by molar-refractivity contribution is 7.22. The largest absolute Gasteiger partial charge is 0.378 e. The standard InChI is InChI=1S/C17H15ClFN5O3S/c18-11-7-10(1-2-12(11)19)21-13(25)8-24-9-20-15-14(16(24)26)28-17(22-15)23-3-5-27-6-4-23/h1-2,7,9H,3-6,8H2,(H,21,25). The van der Waals surface area contributed by atoms with E-state index in [4.69, 9.17) is 16.3 Å². The summed E-state index contributed by atoms with van der Waals surface area (Å²) in [6.07, 6.45) is 1.30. The zero-order chi connectivity index (χ0) is 19.7. The summed E-state index contributed by atoms with van der Waals surface area (Å²) < 4.78 is 20.1. The molecule has 1 N–H and O–H groups in total. The maximum atomic E-state index is 13.2. The molecule has 0 bridgehead atoms. The number of aromatic nitrogens is 3. The maximum Gasteiger partial charge on any atom is 0.273 e. The van der Waals surface area contributed by atoms with Crippen molar-refractivity contribution < 1.29 is 13.9 Å². The number of thiazole rings is 1. The van der Waals surface area contributed by atoms with Gasteiger partial charge in [-0.3, -0.25) is 14.2 Å². The van der Waals surface area contributed by atoms with Gasteiger partial charge in [-0.1, -0.05) is 22.9 Å². The van der Waals surface area contributed by atoms with Crippen LogP contribution >= 0.6 is 22.9 Å². The molecule has 3 aromatic rings. The average Bonchev–Trinajstić information content (AvgIpc) is 3.13. The van der Waals surface area contributed by atoms with Gasteiger partial charge in [0.05, 0.1) is 18.2 Å². The molecule has 146 valence electrons. The molecule has 11 heteroatoms. The Bertz CT molecular complexity index is 1100. The van der Waals surface area contributed by atoms with E-state index in [9.17, 15) is 14.0 Å². The summed E-state index contributed by atoms with van der Waals surface area (Å²) in [7, 11) is 0. The molecule has 1 aromatic carbocycles. The molecule has 1 fully saturated rings. The summed E-state index contributed by atoms with van der Waals surface area (Å²) in [5, 5.41) is 3.19. The molecule has 2 aromatic heterocycles. The van der Waals surface area contributed by atoms with Crippen molar-refractivity contribution in [2.45, 2.75) is 6.54 Å². The van der Waals surface area contributed by atoms with Gasteiger partial charge in [0.1, 0.15) is 23.4 Å². The molecular weight excluding hydrogens is 409 g/mol. The summed E-state index contributed by atoms with van der Waals surface area (Å²) in [6, 6.07) is 3.85. The number of benzene rings is 1. The minimum absolute atomic E-state index is 0.0987. The van der Waals surface area contributed by atoms with Gasteiger partial charge < -0.3 is 15.0 Å². The number of nitrogens with zero attached hydrogens (tertiary/aromatic N) is 4. The van der Waals surface area contributed by atoms with Crippen molar-refractivity contribution in [1.29, 1.82) is 0 Å². The number of halogens is 2. The number of carbonyl (C=O) groups is 1. The van der Waals surface area contributed by atoms with Crippen molar-refractivity contribution in [3.05, 3.63) is 45.7 Å². The molecule has 0 saturated carbocycles. The average molecular weight is 424 g/mol. The van der Waals surface area contributed by atoms with Crippen LogP contribution in [0.5, 0.6) is 0 Å². The van der Waals surface area contributed by atoms with E-state index in [0.717, 1.165) is 6.07 Å². The number of carbonyl (C=O) groups excluding carboxylic acids is 1. The van der Waals surface area contributed by atoms with Gasteiger partial charge in [-0.05, 0) is 18.2 Å². The van der Waals surface area contributed by atoms with E-state index in [-0.39, 0.29) is 17.1 Å². The second-order valence-corrected chi connectivity index (χ2v) is 7.49. The van der Waals surface area contributed by atoms with Gasteiger partial charge in [0, 0.05) is 18.8 Å². The number of anilines is 2. The molecule has 1 saturated heterocycles. The van der Waals surface area contributed by atoms with Gasteiger partial charge >= 0.3 is 0 Å². The van der Waals surface area contributed by atoms with E-state index in [1.165, 1.54) is 34.4 Å². The van der Waals surface area contributed by atoms with Crippen LogP contribution < -0.4 is 15.8 Å². The van der Waals surface area contributed by atoms with Crippen molar-refractivity contribution in [3.63, 3.8) is 0 Å². The molecule has 0 aliphatic carbocycles. The molecule has 1 aliphatic heterocycles. The number of hydrogen-bond donors (Lipinski definition) is 1. The first kappa shape index (κ1) is 18.8. The highest BCUT2D eigenvalue weighted by Crippen LogP contribution is 2.25. The van der Waals surface area contributed by atoms with Gasteiger partial charge in [-0.25, -0.2) is 9.37 Å². The highest BCUT2D eigenvalue weighted by Gasteiger charge is 2.18. The second-order valence-electron chi connectivity index (χ2n) is 6.10. The molecule has 1 aliphatic rings. The van der Waals surface area contributed by atoms with Crippen molar-refractivity contribution in [1.82, 2.24) is 14.5 Å². The van der Waals surface area contributed by atoms with E-state index in [0.29, 0.717) is 47.5 Å². The Hall–Kier alpha value is -2.56. The second kappa shape index (κ2) is 7.82. The molecule has 1 amide bonds. The van der Waals surface area contributed by atoms with E-state index < -0.39 is 11.7 Å². The van der Waals surface area contributed by atoms with Crippen LogP contribution in [0.3, 0.4) is 0 Å². The van der Waals surface area contributed by atoms with Gasteiger partial charge in [0.25, 0.3) is 5.56 Å². The number of ether oxygens (including phenoxy) is 1. The summed E-state index contributed by atoms with van der Waals surface area (Å²) in [5.41, 5.74) is 0.360. The zero-order valence-corrected chi connectivity index (χ0v) is 16.1. The van der Waals surface area contributed by atoms with Crippen LogP contribution in [0.4, 0.5) is 15.2 Å². The summed E-state index contributed by atoms with van der Waals surface area (Å²) in [5.74, 6) is -1.03. The van der Waals surface area contributed by atoms with Crippen LogP contribution in [0.25, 0.3) is 10.3 Å². The molecular formula is C17H15ClFN5O3S. The normalized spacial score (nSPS) is 14.4. The fourth-order valence-corrected chi connectivity index (χ4v) is 3.97. The minimum Gasteiger partial charge on any atom is -0.378 e. The lowest BCUT2D eigenvalue weighted by Gasteiger charge is -2.25. The molecule has 28 heavy (non-hydrogen) atoms. The van der Waals surface area contributed by atoms with Crippen LogP contribution in [0.1, 0.15) is 0 Å². The smallest absolute Gasteiger partial charge is 0.273 e. The van der Waals surface area contributed by atoms with Crippen molar-refractivity contribution >= 4 is 50.0 Å². The monoisotopic (exact) mass is 423 g/mol. The van der Waals surface area contributed by atoms with Crippen LogP contribution in [0.2, 0.25) is 5.02 Å². The number of morpholine rings is 1. The lowest BCUT2D eigenvalue weighted by atomic mass is 10.3. The Balaban J connectivity index is 1.53. The van der Waals surface area contributed by atoms with Gasteiger partial charge in [0.2, 0.25) is 5.91 Å². The first-order valence-corrected chi connectivity index (χ1v) is 9.64. The quantitative estimate of drug-likeness (QED) is 0.691. The van der Waals surface area contributed by atoms with E-state index in [1.807, 2.05) is 4.90 Å². The zero-order valence-electron chi connectivity index (χ0n) is 14.5. The van der Waals surface area contributed by atoms with Gasteiger partial charge in [0.15, 0.2) is 10.8 Å². The lowest BCUT2D eigenvalue weighted by molar-refractivity contribution is -0.116. The third-order valence-electron chi connectivity index (χ3n) is 4.17. The van der Waals surface area contributed by atoms with E-state index in [1.54, 1.807) is 0 Å². The Kier molecular flexibility index (Phi) is 5.25. The van der Waals surface area contributed by atoms with Crippen molar-refractivity contribution in [2.24, 2.45) is 0 Å². The molecule has 0 radical (unpaired) electrons. The number of amides is 1. The summed E-state index contributed by atoms with van der Waals surface area (Å²) in [4.78, 5) is 35.6. The molecule has 8 nitrogen and oxygen atoms in total. The number of fused-ring (bicyclic) bond motifs is 1. The fraction of sp³-hybridized carbons (Fsp3) is 0.294. The Morgan fingerprint density at radius 2 is 2.14 bits per heavy atom. The molecule has 0 spiro atoms. The van der Waals surface area contributed by atoms with Crippen molar-refractivity contribution in [3.8, 4) is 0 Å². The molecule has 3 heterocycles. The fourth-order valence-electron chi connectivity index (χ4n) is 2.77. The Labute approximate surface area is 167 Å². The van der Waals surface area contributed by atoms with Crippen molar-refractivity contribution in [2.75, 3.05) is 36.5 Å². The first-order chi connectivity index (χ1) is 13.5. The topological polar surface area (TPSA) is 89.3 Å². The lowest BCUT2D eigenvalue weighted by Crippen LogP contribution is -2.36. The van der Waals surface area contributed by atoms with E-state index >= 15 is 0 Å². The predicted octanol–water partition coefficient (Wildman–Crippen LogP) is 2.12. The predicted molar refractivity (Wildman–Crippen MR) is 105 cm³/mol. The first-order valence-electron chi connectivity index (χ1n) is 8.45. The van der Waals surface area contributed by atoms with Gasteiger partial charge in [-0.2, -0.15) is 4.98 Å². The third-order valence-corrected chi connectivity index (χ3v) is 5.55. The number of rotatable bonds is 4. The maximum absolute atomic E-state index is 13.2. The Morgan fingerprint density at radius 1 is 1.36 bits per heavy atom. The highest BCUT2D eigenvalue weighted by atomic mass is 35.5. The Morgan fingerprint density at radius 3 is 2.89 bits per heavy atom. The number of hydrogen-bond acceptors (Lipinski definition) is 7. The van der Waals surface area contributed by atoms with Crippen LogP contribution in [0, 0.1) is 5.82 Å². The van der Waals surface area contributed by atoms with E-state index in [2.05, 4.69) is 15.3 Å². The summed E-state index contributed by atoms with van der Waals surface area (Å²) >= 11 is 6.96. The van der Waals surface area contributed by atoms with Crippen LogP contribution in [0.15, 0.2) is 29.3 Å². The molecule has 0 unspecified atom stereocenters. The minimum atomic E-state index is -0.577. The van der Waals surface area contributed by atoms with Crippen LogP contribution in [-0.4, -0.2) is 46.7 Å². The number of nitrogens with one attached hydrogen (secondary N) is 1. The SMILES string of the molecule is O=C(Cn1cnc2nc(N3CCOCC3)sc2c1=O)Nc1ccc(F)c(Cl)c1. The van der Waals surface area contributed by atoms with Gasteiger partial charge in [-0.15, -0.1) is 0 Å². The third kappa shape index (κ3) is 3.84. The molecule has 4 rings (SSSR count). The summed E-state index contributed by atoms with van der Waals surface area (Å²) in [6.45, 7) is 2.40. The molecule has 0 atom stereocenters.